The Balaban J connectivity index is 0.000000306. The average molecular weight is 282 g/mol. The first-order valence-electron chi connectivity index (χ1n) is 6.18. The van der Waals surface area contributed by atoms with E-state index in [0.29, 0.717) is 0 Å². The molecule has 5 N–H and O–H groups in total. The fourth-order valence-corrected chi connectivity index (χ4v) is 0.883. The lowest BCUT2D eigenvalue weighted by Gasteiger charge is -2.31. The molecule has 0 aliphatic rings. The third kappa shape index (κ3) is 6.67. The molecule has 112 valence electrons. The van der Waals surface area contributed by atoms with Crippen molar-refractivity contribution in [3.63, 3.8) is 0 Å². The van der Waals surface area contributed by atoms with Crippen LogP contribution in [0.5, 0.6) is 0 Å². The summed E-state index contributed by atoms with van der Waals surface area (Å²) in [6, 6.07) is 8.01. The number of benzene rings is 1. The molecule has 20 heavy (non-hydrogen) atoms. The van der Waals surface area contributed by atoms with Crippen molar-refractivity contribution in [2.75, 3.05) is 0 Å². The van der Waals surface area contributed by atoms with Crippen LogP contribution in [0, 0.1) is 0 Å². The second kappa shape index (κ2) is 8.01. The van der Waals surface area contributed by atoms with Gasteiger partial charge in [-0.1, -0.05) is 18.2 Å². The van der Waals surface area contributed by atoms with E-state index in [1.54, 1.807) is 27.7 Å². The first-order valence-corrected chi connectivity index (χ1v) is 6.18. The first-order chi connectivity index (χ1) is 9.13. The summed E-state index contributed by atoms with van der Waals surface area (Å²) in [6.07, 6.45) is 1.81. The zero-order chi connectivity index (χ0) is 15.8. The molecule has 0 aliphatic carbocycles. The lowest BCUT2D eigenvalue weighted by molar-refractivity contribution is -0.107. The smallest absolute Gasteiger partial charge is 0.430 e. The molecule has 7 heteroatoms. The summed E-state index contributed by atoms with van der Waals surface area (Å²) in [5, 5.41) is 40.4. The molecular formula is C13H23BN2O4. The molecule has 0 amide bonds. The van der Waals surface area contributed by atoms with Crippen molar-refractivity contribution in [3.05, 3.63) is 30.5 Å². The molecule has 0 atom stereocenters. The predicted octanol–water partition coefficient (Wildman–Crippen LogP) is 0.329. The number of fused-ring (bicyclic) bond motifs is 1. The summed E-state index contributed by atoms with van der Waals surface area (Å²) >= 11 is 0. The van der Waals surface area contributed by atoms with Gasteiger partial charge >= 0.3 is 7.69 Å². The maximum atomic E-state index is 9.10. The summed E-state index contributed by atoms with van der Waals surface area (Å²) in [5.41, 5.74) is -0.919. The Morgan fingerprint density at radius 2 is 1.45 bits per heavy atom. The van der Waals surface area contributed by atoms with E-state index >= 15 is 0 Å². The number of hydrogen-bond acceptors (Lipinski definition) is 5. The van der Waals surface area contributed by atoms with Gasteiger partial charge in [0.05, 0.1) is 22.9 Å². The highest BCUT2D eigenvalue weighted by molar-refractivity contribution is 6.13. The fourth-order valence-electron chi connectivity index (χ4n) is 0.883. The van der Waals surface area contributed by atoms with Crippen LogP contribution >= 0.6 is 0 Å². The highest BCUT2D eigenvalue weighted by Gasteiger charge is 2.31. The minimum absolute atomic E-state index is 0.750. The van der Waals surface area contributed by atoms with Crippen LogP contribution in [0.25, 0.3) is 10.9 Å². The largest absolute Gasteiger partial charge is 0.432 e. The summed E-state index contributed by atoms with van der Waals surface area (Å²) in [6.45, 7) is 6.31. The summed E-state index contributed by atoms with van der Waals surface area (Å²) in [7, 11) is -0.750. The summed E-state index contributed by atoms with van der Waals surface area (Å²) in [4.78, 5) is 0. The van der Waals surface area contributed by atoms with Crippen LogP contribution in [0.3, 0.4) is 0 Å². The molecule has 0 aliphatic heterocycles. The van der Waals surface area contributed by atoms with Gasteiger partial charge in [0.25, 0.3) is 0 Å². The molecule has 1 heterocycles. The van der Waals surface area contributed by atoms with Gasteiger partial charge in [0.2, 0.25) is 0 Å². The van der Waals surface area contributed by atoms with Crippen molar-refractivity contribution in [3.8, 4) is 0 Å². The van der Waals surface area contributed by atoms with Crippen LogP contribution in [0.15, 0.2) is 30.5 Å². The molecular weight excluding hydrogens is 259 g/mol. The van der Waals surface area contributed by atoms with E-state index in [1.165, 1.54) is 0 Å². The molecule has 0 spiro atoms. The molecule has 6 nitrogen and oxygen atoms in total. The van der Waals surface area contributed by atoms with Crippen molar-refractivity contribution in [2.45, 2.75) is 38.9 Å². The minimum atomic E-state index is -1.01. The topological polar surface area (TPSA) is 110 Å². The van der Waals surface area contributed by atoms with E-state index in [4.69, 9.17) is 20.3 Å². The lowest BCUT2D eigenvalue weighted by Crippen LogP contribution is -2.44. The zero-order valence-electron chi connectivity index (χ0n) is 12.3. The molecule has 0 saturated heterocycles. The first kappa shape index (κ1) is 18.6. The quantitative estimate of drug-likeness (QED) is 0.484. The lowest BCUT2D eigenvalue weighted by atomic mass is 9.90. The van der Waals surface area contributed by atoms with Gasteiger partial charge in [-0.3, -0.25) is 5.10 Å². The van der Waals surface area contributed by atoms with E-state index < -0.39 is 18.9 Å². The zero-order valence-corrected chi connectivity index (χ0v) is 12.3. The number of aromatic amines is 1. The molecule has 0 fully saturated rings. The molecule has 2 rings (SSSR count). The van der Waals surface area contributed by atoms with Crippen LogP contribution in [0.2, 0.25) is 0 Å². The number of nitrogens with zero attached hydrogens (tertiary/aromatic N) is 1. The van der Waals surface area contributed by atoms with Gasteiger partial charge in [-0.25, -0.2) is 0 Å². The third-order valence-corrected chi connectivity index (χ3v) is 2.85. The maximum absolute atomic E-state index is 9.10. The average Bonchev–Trinajstić information content (AvgIpc) is 2.76. The van der Waals surface area contributed by atoms with Crippen molar-refractivity contribution in [1.29, 1.82) is 0 Å². The molecule has 2 aromatic rings. The van der Waals surface area contributed by atoms with E-state index in [2.05, 4.69) is 10.2 Å². The van der Waals surface area contributed by atoms with Gasteiger partial charge in [-0.2, -0.15) is 5.10 Å². The maximum Gasteiger partial charge on any atom is 0.432 e. The summed E-state index contributed by atoms with van der Waals surface area (Å²) < 4.78 is 0. The van der Waals surface area contributed by atoms with Crippen molar-refractivity contribution < 1.29 is 20.3 Å². The van der Waals surface area contributed by atoms with Crippen LogP contribution in [-0.2, 0) is 0 Å². The summed E-state index contributed by atoms with van der Waals surface area (Å²) in [5.74, 6) is 0. The molecule has 0 radical (unpaired) electrons. The Labute approximate surface area is 119 Å². The number of nitrogens with one attached hydrogen (secondary N) is 1. The minimum Gasteiger partial charge on any atom is -0.430 e. The standard InChI is InChI=1S/C7H6N2.C6H14O2.BH3O2/c1-2-4-7-6(3-1)5-8-9-7;1-5(2,7)6(3,4)8;2-1-3/h1-5H,(H,8,9);7-8H,1-4H3;1-3H. The number of H-pyrrole nitrogens is 1. The third-order valence-electron chi connectivity index (χ3n) is 2.85. The van der Waals surface area contributed by atoms with Gasteiger partial charge in [0, 0.05) is 5.39 Å². The normalized spacial score (nSPS) is 11.0. The van der Waals surface area contributed by atoms with E-state index in [0.717, 1.165) is 10.9 Å². The van der Waals surface area contributed by atoms with E-state index in [9.17, 15) is 0 Å². The van der Waals surface area contributed by atoms with Crippen molar-refractivity contribution in [2.24, 2.45) is 0 Å². The Morgan fingerprint density at radius 1 is 1.00 bits per heavy atom. The Morgan fingerprint density at radius 3 is 1.85 bits per heavy atom. The number of rotatable bonds is 1. The molecule has 1 aromatic carbocycles. The predicted molar refractivity (Wildman–Crippen MR) is 80.3 cm³/mol. The second-order valence-corrected chi connectivity index (χ2v) is 5.22. The monoisotopic (exact) mass is 282 g/mol. The Kier molecular flexibility index (Phi) is 7.45. The van der Waals surface area contributed by atoms with Gasteiger partial charge in [-0.05, 0) is 33.8 Å². The molecule has 0 bridgehead atoms. The highest BCUT2D eigenvalue weighted by atomic mass is 16.4. The number of aromatic nitrogens is 2. The van der Waals surface area contributed by atoms with Gasteiger partial charge in [0.15, 0.2) is 0 Å². The van der Waals surface area contributed by atoms with Gasteiger partial charge in [-0.15, -0.1) is 0 Å². The van der Waals surface area contributed by atoms with Crippen LogP contribution in [0.4, 0.5) is 0 Å². The number of hydrogen-bond donors (Lipinski definition) is 5. The highest BCUT2D eigenvalue weighted by Crippen LogP contribution is 2.19. The fraction of sp³-hybridized carbons (Fsp3) is 0.462. The molecule has 0 saturated carbocycles. The molecule has 0 unspecified atom stereocenters. The van der Waals surface area contributed by atoms with E-state index in [-0.39, 0.29) is 0 Å². The van der Waals surface area contributed by atoms with Gasteiger partial charge in [0.1, 0.15) is 0 Å². The van der Waals surface area contributed by atoms with Crippen LogP contribution in [-0.4, -0.2) is 49.3 Å². The van der Waals surface area contributed by atoms with Crippen molar-refractivity contribution >= 4 is 18.6 Å². The van der Waals surface area contributed by atoms with Crippen LogP contribution < -0.4 is 0 Å². The van der Waals surface area contributed by atoms with Crippen LogP contribution in [0.1, 0.15) is 27.7 Å². The van der Waals surface area contributed by atoms with E-state index in [1.807, 2.05) is 30.5 Å². The van der Waals surface area contributed by atoms with Crippen molar-refractivity contribution in [1.82, 2.24) is 10.2 Å². The second-order valence-electron chi connectivity index (χ2n) is 5.22. The Hall–Kier alpha value is -1.41. The molecule has 1 aromatic heterocycles. The Bertz CT molecular complexity index is 447. The SMILES string of the molecule is CC(C)(O)C(C)(C)O.OBO.c1ccc2[nH]ncc2c1. The number of para-hydroxylation sites is 1. The number of aliphatic hydroxyl groups is 2. The van der Waals surface area contributed by atoms with Gasteiger partial charge < -0.3 is 20.3 Å².